The minimum Gasteiger partial charge on any atom is -0.337 e. The number of nitrogens with one attached hydrogen (secondary N) is 1. The highest BCUT2D eigenvalue weighted by molar-refractivity contribution is 4.80. The number of hydrogen-bond acceptors (Lipinski definition) is 2. The van der Waals surface area contributed by atoms with Crippen LogP contribution in [0.15, 0.2) is 18.7 Å². The Labute approximate surface area is 105 Å². The summed E-state index contributed by atoms with van der Waals surface area (Å²) in [5.41, 5.74) is 0. The molecular weight excluding hydrogens is 210 g/mol. The van der Waals surface area contributed by atoms with Crippen LogP contribution in [-0.4, -0.2) is 22.1 Å². The molecule has 3 nitrogen and oxygen atoms in total. The number of hydrogen-bond donors (Lipinski definition) is 1. The quantitative estimate of drug-likeness (QED) is 0.768. The van der Waals surface area contributed by atoms with Crippen molar-refractivity contribution in [3.63, 3.8) is 0 Å². The second-order valence-electron chi connectivity index (χ2n) is 5.17. The van der Waals surface area contributed by atoms with Gasteiger partial charge in [0.15, 0.2) is 0 Å². The molecule has 0 saturated heterocycles. The summed E-state index contributed by atoms with van der Waals surface area (Å²) in [5, 5.41) is 3.75. The van der Waals surface area contributed by atoms with Crippen LogP contribution in [0.4, 0.5) is 0 Å². The van der Waals surface area contributed by atoms with Crippen molar-refractivity contribution in [1.29, 1.82) is 0 Å². The third-order valence-electron chi connectivity index (χ3n) is 3.99. The van der Waals surface area contributed by atoms with Gasteiger partial charge in [-0.25, -0.2) is 4.98 Å². The maximum atomic E-state index is 4.06. The van der Waals surface area contributed by atoms with Crippen molar-refractivity contribution in [1.82, 2.24) is 14.9 Å². The van der Waals surface area contributed by atoms with Crippen LogP contribution in [0, 0.1) is 5.92 Å². The van der Waals surface area contributed by atoms with Crippen molar-refractivity contribution in [2.75, 3.05) is 6.54 Å². The highest BCUT2D eigenvalue weighted by Crippen LogP contribution is 2.26. The molecule has 1 N–H and O–H groups in total. The summed E-state index contributed by atoms with van der Waals surface area (Å²) in [5.74, 6) is 0.914. The van der Waals surface area contributed by atoms with E-state index in [0.29, 0.717) is 0 Å². The molecule has 2 atom stereocenters. The highest BCUT2D eigenvalue weighted by atomic mass is 15.0. The molecule has 3 heteroatoms. The van der Waals surface area contributed by atoms with Gasteiger partial charge in [-0.3, -0.25) is 0 Å². The Hall–Kier alpha value is -0.830. The Morgan fingerprint density at radius 3 is 3.00 bits per heavy atom. The van der Waals surface area contributed by atoms with E-state index < -0.39 is 0 Å². The monoisotopic (exact) mass is 235 g/mol. The third kappa shape index (κ3) is 3.84. The smallest absolute Gasteiger partial charge is 0.0945 e. The normalized spacial score (nSPS) is 25.0. The van der Waals surface area contributed by atoms with Gasteiger partial charge in [-0.1, -0.05) is 26.2 Å². The lowest BCUT2D eigenvalue weighted by atomic mass is 9.83. The molecule has 0 aliphatic heterocycles. The van der Waals surface area contributed by atoms with Gasteiger partial charge >= 0.3 is 0 Å². The van der Waals surface area contributed by atoms with E-state index in [4.69, 9.17) is 0 Å². The van der Waals surface area contributed by atoms with Gasteiger partial charge in [0.05, 0.1) is 6.33 Å². The zero-order chi connectivity index (χ0) is 11.9. The lowest BCUT2D eigenvalue weighted by Gasteiger charge is -2.31. The van der Waals surface area contributed by atoms with Crippen molar-refractivity contribution in [2.45, 2.75) is 58.0 Å². The van der Waals surface area contributed by atoms with Crippen molar-refractivity contribution < 1.29 is 0 Å². The molecular formula is C14H25N3. The zero-order valence-electron chi connectivity index (χ0n) is 10.9. The van der Waals surface area contributed by atoms with Gasteiger partial charge < -0.3 is 9.88 Å². The Balaban J connectivity index is 1.63. The SMILES string of the molecule is CCC1CCCCC1NCCCn1ccnc1. The molecule has 1 aromatic heterocycles. The van der Waals surface area contributed by atoms with Crippen LogP contribution in [0.2, 0.25) is 0 Å². The van der Waals surface area contributed by atoms with E-state index in [1.54, 1.807) is 0 Å². The molecule has 1 heterocycles. The molecule has 0 aromatic carbocycles. The molecule has 1 saturated carbocycles. The van der Waals surface area contributed by atoms with Gasteiger partial charge in [-0.15, -0.1) is 0 Å². The van der Waals surface area contributed by atoms with E-state index in [-0.39, 0.29) is 0 Å². The average Bonchev–Trinajstić information content (AvgIpc) is 2.88. The van der Waals surface area contributed by atoms with Gasteiger partial charge in [0.25, 0.3) is 0 Å². The lowest BCUT2D eigenvalue weighted by Crippen LogP contribution is -2.39. The Bertz CT molecular complexity index is 294. The standard InChI is InChI=1S/C14H25N3/c1-2-13-6-3-4-7-14(13)16-8-5-10-17-11-9-15-12-17/h9,11-14,16H,2-8,10H2,1H3. The predicted octanol–water partition coefficient (Wildman–Crippen LogP) is 2.83. The summed E-state index contributed by atoms with van der Waals surface area (Å²) < 4.78 is 2.15. The van der Waals surface area contributed by atoms with E-state index in [0.717, 1.165) is 25.0 Å². The van der Waals surface area contributed by atoms with Crippen molar-refractivity contribution >= 4 is 0 Å². The molecule has 0 amide bonds. The molecule has 0 radical (unpaired) electrons. The molecule has 17 heavy (non-hydrogen) atoms. The molecule has 1 aromatic rings. The van der Waals surface area contributed by atoms with Crippen molar-refractivity contribution in [3.05, 3.63) is 18.7 Å². The minimum atomic E-state index is 0.775. The first-order valence-electron chi connectivity index (χ1n) is 7.09. The highest BCUT2D eigenvalue weighted by Gasteiger charge is 2.22. The molecule has 1 aliphatic rings. The van der Waals surface area contributed by atoms with Gasteiger partial charge in [0.2, 0.25) is 0 Å². The number of imidazole rings is 1. The van der Waals surface area contributed by atoms with Crippen LogP contribution in [-0.2, 0) is 6.54 Å². The topological polar surface area (TPSA) is 29.9 Å². The van der Waals surface area contributed by atoms with E-state index >= 15 is 0 Å². The number of rotatable bonds is 6. The Kier molecular flexibility index (Phi) is 5.05. The first-order valence-corrected chi connectivity index (χ1v) is 7.09. The average molecular weight is 235 g/mol. The summed E-state index contributed by atoms with van der Waals surface area (Å²) in [6.45, 7) is 4.55. The molecule has 2 rings (SSSR count). The van der Waals surface area contributed by atoms with E-state index in [1.807, 2.05) is 18.7 Å². The molecule has 1 fully saturated rings. The number of nitrogens with zero attached hydrogens (tertiary/aromatic N) is 2. The fourth-order valence-corrected chi connectivity index (χ4v) is 2.93. The van der Waals surface area contributed by atoms with Crippen LogP contribution < -0.4 is 5.32 Å². The summed E-state index contributed by atoms with van der Waals surface area (Å²) in [6.07, 6.45) is 14.0. The first-order chi connectivity index (χ1) is 8.40. The number of aryl methyl sites for hydroxylation is 1. The van der Waals surface area contributed by atoms with Crippen LogP contribution in [0.3, 0.4) is 0 Å². The summed E-state index contributed by atoms with van der Waals surface area (Å²) in [7, 11) is 0. The number of aromatic nitrogens is 2. The Morgan fingerprint density at radius 2 is 2.24 bits per heavy atom. The first kappa shape index (κ1) is 12.6. The maximum Gasteiger partial charge on any atom is 0.0945 e. The van der Waals surface area contributed by atoms with Crippen LogP contribution in [0.1, 0.15) is 45.4 Å². The molecule has 0 bridgehead atoms. The van der Waals surface area contributed by atoms with Crippen LogP contribution in [0.5, 0.6) is 0 Å². The molecule has 96 valence electrons. The molecule has 2 unspecified atom stereocenters. The summed E-state index contributed by atoms with van der Waals surface area (Å²) in [6, 6.07) is 0.775. The zero-order valence-corrected chi connectivity index (χ0v) is 10.9. The van der Waals surface area contributed by atoms with Gasteiger partial charge in [0.1, 0.15) is 0 Å². The van der Waals surface area contributed by atoms with Gasteiger partial charge in [-0.05, 0) is 31.7 Å². The van der Waals surface area contributed by atoms with Crippen molar-refractivity contribution in [2.24, 2.45) is 5.92 Å². The summed E-state index contributed by atoms with van der Waals surface area (Å²) >= 11 is 0. The largest absolute Gasteiger partial charge is 0.337 e. The fourth-order valence-electron chi connectivity index (χ4n) is 2.93. The van der Waals surface area contributed by atoms with Gasteiger partial charge in [0, 0.05) is 25.0 Å². The van der Waals surface area contributed by atoms with Gasteiger partial charge in [-0.2, -0.15) is 0 Å². The van der Waals surface area contributed by atoms with E-state index in [2.05, 4.69) is 21.8 Å². The second-order valence-corrected chi connectivity index (χ2v) is 5.17. The van der Waals surface area contributed by atoms with E-state index in [1.165, 1.54) is 38.5 Å². The lowest BCUT2D eigenvalue weighted by molar-refractivity contribution is 0.254. The van der Waals surface area contributed by atoms with Crippen LogP contribution >= 0.6 is 0 Å². The fraction of sp³-hybridized carbons (Fsp3) is 0.786. The van der Waals surface area contributed by atoms with E-state index in [9.17, 15) is 0 Å². The second kappa shape index (κ2) is 6.80. The molecule has 1 aliphatic carbocycles. The van der Waals surface area contributed by atoms with Crippen LogP contribution in [0.25, 0.3) is 0 Å². The minimum absolute atomic E-state index is 0.775. The molecule has 0 spiro atoms. The predicted molar refractivity (Wildman–Crippen MR) is 70.9 cm³/mol. The summed E-state index contributed by atoms with van der Waals surface area (Å²) in [4.78, 5) is 4.06. The Morgan fingerprint density at radius 1 is 1.35 bits per heavy atom. The maximum absolute atomic E-state index is 4.06. The van der Waals surface area contributed by atoms with Crippen molar-refractivity contribution in [3.8, 4) is 0 Å². The third-order valence-corrected chi connectivity index (χ3v) is 3.99.